The number of carbonyl (C=O) groups excluding carboxylic acids is 2. The Hall–Kier alpha value is -4.29. The van der Waals surface area contributed by atoms with Gasteiger partial charge in [-0.3, -0.25) is 9.52 Å². The second-order valence-electron chi connectivity index (χ2n) is 10.7. The molecule has 0 aromatic heterocycles. The van der Waals surface area contributed by atoms with Crippen LogP contribution in [0.25, 0.3) is 0 Å². The van der Waals surface area contributed by atoms with E-state index in [0.29, 0.717) is 29.3 Å². The highest BCUT2D eigenvalue weighted by molar-refractivity contribution is 7.92. The number of hydrogen-bond acceptors (Lipinski definition) is 7. The number of ether oxygens (including phenoxy) is 2. The van der Waals surface area contributed by atoms with Crippen molar-refractivity contribution in [2.24, 2.45) is 5.92 Å². The van der Waals surface area contributed by atoms with E-state index < -0.39 is 22.2 Å². The molecule has 3 amide bonds. The third-order valence-corrected chi connectivity index (χ3v) is 8.76. The van der Waals surface area contributed by atoms with E-state index in [1.54, 1.807) is 61.3 Å². The molecule has 0 fully saturated rings. The van der Waals surface area contributed by atoms with Crippen molar-refractivity contribution in [3.05, 3.63) is 78.4 Å². The molecule has 0 unspecified atom stereocenters. The molecule has 0 saturated heterocycles. The van der Waals surface area contributed by atoms with Gasteiger partial charge in [-0.2, -0.15) is 0 Å². The lowest BCUT2D eigenvalue weighted by molar-refractivity contribution is -0.134. The molecule has 43 heavy (non-hydrogen) atoms. The van der Waals surface area contributed by atoms with Gasteiger partial charge in [-0.25, -0.2) is 13.2 Å². The van der Waals surface area contributed by atoms with Crippen LogP contribution in [0.4, 0.5) is 16.2 Å². The van der Waals surface area contributed by atoms with Crippen LogP contribution in [-0.2, 0) is 21.2 Å². The van der Waals surface area contributed by atoms with Crippen molar-refractivity contribution in [3.63, 3.8) is 0 Å². The average molecular weight is 611 g/mol. The molecule has 230 valence electrons. The highest BCUT2D eigenvalue weighted by Crippen LogP contribution is 2.30. The predicted octanol–water partition coefficient (Wildman–Crippen LogP) is 3.81. The molecule has 0 radical (unpaired) electrons. The maximum Gasteiger partial charge on any atom is 0.321 e. The van der Waals surface area contributed by atoms with Crippen LogP contribution in [0.2, 0.25) is 0 Å². The van der Waals surface area contributed by atoms with E-state index in [9.17, 15) is 23.1 Å². The van der Waals surface area contributed by atoms with Crippen molar-refractivity contribution >= 4 is 33.3 Å². The van der Waals surface area contributed by atoms with Gasteiger partial charge in [0.2, 0.25) is 5.91 Å². The number of hydrogen-bond donors (Lipinski definition) is 3. The molecule has 3 aromatic rings. The maximum atomic E-state index is 13.5. The van der Waals surface area contributed by atoms with Crippen molar-refractivity contribution < 1.29 is 32.6 Å². The monoisotopic (exact) mass is 610 g/mol. The zero-order chi connectivity index (χ0) is 31.1. The smallest absolute Gasteiger partial charge is 0.321 e. The number of para-hydroxylation sites is 1. The van der Waals surface area contributed by atoms with Gasteiger partial charge >= 0.3 is 6.03 Å². The molecule has 1 aliphatic rings. The third kappa shape index (κ3) is 7.96. The first kappa shape index (κ1) is 31.6. The Kier molecular flexibility index (Phi) is 10.1. The number of sulfonamides is 1. The quantitative estimate of drug-likeness (QED) is 0.335. The molecule has 0 spiro atoms. The molecule has 0 bridgehead atoms. The summed E-state index contributed by atoms with van der Waals surface area (Å²) in [5.74, 6) is 0.488. The van der Waals surface area contributed by atoms with Crippen molar-refractivity contribution in [3.8, 4) is 11.5 Å². The largest absolute Gasteiger partial charge is 0.497 e. The minimum Gasteiger partial charge on any atom is -0.497 e. The Morgan fingerprint density at radius 1 is 1.12 bits per heavy atom. The Bertz CT molecular complexity index is 1520. The lowest BCUT2D eigenvalue weighted by atomic mass is 10.0. The molecule has 11 nitrogen and oxygen atoms in total. The molecular formula is C31H38N4O7S. The lowest BCUT2D eigenvalue weighted by Gasteiger charge is -2.34. The number of likely N-dealkylation sites (N-methyl/N-ethyl adjacent to an activating group) is 1. The van der Waals surface area contributed by atoms with E-state index in [2.05, 4.69) is 10.0 Å². The van der Waals surface area contributed by atoms with E-state index in [0.717, 1.165) is 0 Å². The van der Waals surface area contributed by atoms with Crippen LogP contribution >= 0.6 is 0 Å². The molecule has 3 N–H and O–H groups in total. The highest BCUT2D eigenvalue weighted by atomic mass is 32.2. The topological polar surface area (TPSA) is 138 Å². The molecule has 4 rings (SSSR count). The summed E-state index contributed by atoms with van der Waals surface area (Å²) in [6, 6.07) is 19.1. The SMILES string of the molecule is COc1ccc(S(=O)(=O)Nc2ccc3c(c2)CC(=O)N([C@@H](C)CO)C[C@@H](C)[C@@H](CN(C)C(=O)Nc2ccccc2)O3)cc1. The fourth-order valence-electron chi connectivity index (χ4n) is 4.77. The van der Waals surface area contributed by atoms with Crippen molar-refractivity contribution in [2.75, 3.05) is 43.9 Å². The number of benzene rings is 3. The van der Waals surface area contributed by atoms with Crippen LogP contribution in [0.1, 0.15) is 19.4 Å². The molecule has 3 atom stereocenters. The fraction of sp³-hybridized carbons (Fsp3) is 0.355. The van der Waals surface area contributed by atoms with Gasteiger partial charge in [0.25, 0.3) is 10.0 Å². The number of anilines is 2. The summed E-state index contributed by atoms with van der Waals surface area (Å²) in [7, 11) is -0.765. The second kappa shape index (κ2) is 13.8. The minimum atomic E-state index is -3.93. The van der Waals surface area contributed by atoms with Gasteiger partial charge in [0.05, 0.1) is 37.6 Å². The summed E-state index contributed by atoms with van der Waals surface area (Å²) < 4.78 is 40.3. The van der Waals surface area contributed by atoms with Gasteiger partial charge in [0, 0.05) is 36.4 Å². The van der Waals surface area contributed by atoms with Crippen LogP contribution < -0.4 is 19.5 Å². The number of nitrogens with zero attached hydrogens (tertiary/aromatic N) is 2. The molecular weight excluding hydrogens is 572 g/mol. The van der Waals surface area contributed by atoms with E-state index in [-0.39, 0.29) is 48.0 Å². The van der Waals surface area contributed by atoms with Crippen LogP contribution in [0, 0.1) is 5.92 Å². The first-order valence-corrected chi connectivity index (χ1v) is 15.4. The van der Waals surface area contributed by atoms with E-state index in [1.807, 2.05) is 25.1 Å². The number of carbonyl (C=O) groups is 2. The number of rotatable bonds is 9. The molecule has 1 aliphatic heterocycles. The van der Waals surface area contributed by atoms with Crippen LogP contribution in [0.3, 0.4) is 0 Å². The lowest BCUT2D eigenvalue weighted by Crippen LogP contribution is -2.48. The van der Waals surface area contributed by atoms with Crippen molar-refractivity contribution in [1.82, 2.24) is 9.80 Å². The number of amides is 3. The van der Waals surface area contributed by atoms with E-state index >= 15 is 0 Å². The Morgan fingerprint density at radius 3 is 2.47 bits per heavy atom. The summed E-state index contributed by atoms with van der Waals surface area (Å²) >= 11 is 0. The van der Waals surface area contributed by atoms with Gasteiger partial charge in [-0.15, -0.1) is 0 Å². The van der Waals surface area contributed by atoms with Crippen LogP contribution in [0.5, 0.6) is 11.5 Å². The second-order valence-corrected chi connectivity index (χ2v) is 12.4. The third-order valence-electron chi connectivity index (χ3n) is 7.36. The predicted molar refractivity (Wildman–Crippen MR) is 164 cm³/mol. The van der Waals surface area contributed by atoms with Crippen LogP contribution in [0.15, 0.2) is 77.7 Å². The minimum absolute atomic E-state index is 0.0535. The Labute approximate surface area is 252 Å². The highest BCUT2D eigenvalue weighted by Gasteiger charge is 2.32. The van der Waals surface area contributed by atoms with Gasteiger partial charge in [0.1, 0.15) is 17.6 Å². The van der Waals surface area contributed by atoms with Gasteiger partial charge < -0.3 is 29.7 Å². The zero-order valence-electron chi connectivity index (χ0n) is 24.7. The van der Waals surface area contributed by atoms with E-state index in [1.165, 1.54) is 24.1 Å². The number of urea groups is 1. The number of fused-ring (bicyclic) bond motifs is 1. The normalized spacial score (nSPS) is 17.8. The number of nitrogens with one attached hydrogen (secondary N) is 2. The summed E-state index contributed by atoms with van der Waals surface area (Å²) in [6.07, 6.45) is -0.590. The Morgan fingerprint density at radius 2 is 1.81 bits per heavy atom. The average Bonchev–Trinajstić information content (AvgIpc) is 3.04. The van der Waals surface area contributed by atoms with Crippen molar-refractivity contribution in [1.29, 1.82) is 0 Å². The summed E-state index contributed by atoms with van der Waals surface area (Å²) in [6.45, 7) is 3.97. The van der Waals surface area contributed by atoms with Crippen molar-refractivity contribution in [2.45, 2.75) is 37.3 Å². The fourth-order valence-corrected chi connectivity index (χ4v) is 5.82. The molecule has 0 aliphatic carbocycles. The molecule has 1 heterocycles. The summed E-state index contributed by atoms with van der Waals surface area (Å²) in [5.41, 5.74) is 1.40. The number of aliphatic hydroxyl groups excluding tert-OH is 1. The Balaban J connectivity index is 1.61. The number of methoxy groups -OCH3 is 1. The number of aliphatic hydroxyl groups is 1. The molecule has 3 aromatic carbocycles. The van der Waals surface area contributed by atoms with Gasteiger partial charge in [-0.05, 0) is 61.5 Å². The van der Waals surface area contributed by atoms with E-state index in [4.69, 9.17) is 9.47 Å². The first-order chi connectivity index (χ1) is 20.5. The molecule has 0 saturated carbocycles. The van der Waals surface area contributed by atoms with Gasteiger partial charge in [0.15, 0.2) is 0 Å². The summed E-state index contributed by atoms with van der Waals surface area (Å²) in [4.78, 5) is 29.6. The van der Waals surface area contributed by atoms with Crippen LogP contribution in [-0.4, -0.2) is 81.3 Å². The zero-order valence-corrected chi connectivity index (χ0v) is 25.5. The van der Waals surface area contributed by atoms with Gasteiger partial charge in [-0.1, -0.05) is 25.1 Å². The molecule has 12 heteroatoms. The first-order valence-electron chi connectivity index (χ1n) is 13.9. The standard InChI is InChI=1S/C31H38N4O7S/c1-21-18-35(22(2)20-36)30(37)17-23-16-25(33-43(39,40)27-13-11-26(41-4)12-14-27)10-15-28(23)42-29(21)19-34(3)31(38)32-24-8-6-5-7-9-24/h5-16,21-22,29,33,36H,17-20H2,1-4H3,(H,32,38)/t21-,22+,29-/m1/s1. The summed E-state index contributed by atoms with van der Waals surface area (Å²) in [5, 5.41) is 12.7. The maximum absolute atomic E-state index is 13.5.